The van der Waals surface area contributed by atoms with E-state index in [-0.39, 0.29) is 0 Å². The van der Waals surface area contributed by atoms with Crippen LogP contribution in [-0.2, 0) is 0 Å². The van der Waals surface area contributed by atoms with Crippen LogP contribution in [0.1, 0.15) is 27.7 Å². The number of hydrogen-bond donors (Lipinski definition) is 1. The number of rotatable bonds is 2. The first-order valence-corrected chi connectivity index (χ1v) is 3.86. The summed E-state index contributed by atoms with van der Waals surface area (Å²) in [6, 6.07) is 0. The second-order valence-corrected chi connectivity index (χ2v) is 0.883. The molecule has 10 heavy (non-hydrogen) atoms. The molecule has 0 amide bonds. The largest absolute Gasteiger partial charge is 0.394 e. The van der Waals surface area contributed by atoms with Crippen molar-refractivity contribution in [3.63, 3.8) is 0 Å². The van der Waals surface area contributed by atoms with Gasteiger partial charge < -0.3 is 5.32 Å². The summed E-state index contributed by atoms with van der Waals surface area (Å²) in [6.07, 6.45) is 5.36. The molecule has 0 spiro atoms. The Hall–Kier alpha value is -0.720. The predicted molar refractivity (Wildman–Crippen MR) is 51.1 cm³/mol. The molecule has 0 heterocycles. The maximum atomic E-state index is 3.47. The molecule has 0 saturated carbocycles. The molecule has 0 aliphatic heterocycles. The molecule has 0 radical (unpaired) electrons. The summed E-state index contributed by atoms with van der Waals surface area (Å²) in [7, 11) is 1.85. The van der Waals surface area contributed by atoms with Crippen molar-refractivity contribution < 1.29 is 0 Å². The quantitative estimate of drug-likeness (QED) is 0.586. The molecule has 0 aliphatic rings. The van der Waals surface area contributed by atoms with Gasteiger partial charge in [-0.1, -0.05) is 40.3 Å². The normalized spacial score (nSPS) is 6.50. The van der Waals surface area contributed by atoms with Crippen LogP contribution in [0.5, 0.6) is 0 Å². The standard InChI is InChI=1S/C5H9N.2C2H6/c1-3-4-5-6-2;2*1-2/h3-6H,1H2,2H3;2*1-2H3/b5-4-;;. The van der Waals surface area contributed by atoms with Crippen molar-refractivity contribution in [1.29, 1.82) is 0 Å². The molecule has 0 atom stereocenters. The Bertz CT molecular complexity index is 55.7. The highest BCUT2D eigenvalue weighted by Crippen LogP contribution is 1.61. The third-order valence-electron chi connectivity index (χ3n) is 0.399. The first-order valence-electron chi connectivity index (χ1n) is 3.86. The predicted octanol–water partition coefficient (Wildman–Crippen LogP) is 2.96. The lowest BCUT2D eigenvalue weighted by atomic mass is 10.6. The molecule has 0 aliphatic carbocycles. The SMILES string of the molecule is C=C/C=C\NC.CC.CC. The summed E-state index contributed by atoms with van der Waals surface area (Å²) in [4.78, 5) is 0. The fourth-order valence-electron chi connectivity index (χ4n) is 0.164. The van der Waals surface area contributed by atoms with Crippen LogP contribution in [0.3, 0.4) is 0 Å². The Morgan fingerprint density at radius 3 is 1.60 bits per heavy atom. The zero-order chi connectivity index (χ0) is 8.83. The van der Waals surface area contributed by atoms with Crippen molar-refractivity contribution in [2.75, 3.05) is 7.05 Å². The average Bonchev–Trinajstić information content (AvgIpc) is 2.08. The average molecular weight is 143 g/mol. The molecule has 1 heteroatoms. The monoisotopic (exact) mass is 143 g/mol. The molecular weight excluding hydrogens is 122 g/mol. The van der Waals surface area contributed by atoms with Crippen molar-refractivity contribution in [1.82, 2.24) is 5.32 Å². The summed E-state index contributed by atoms with van der Waals surface area (Å²) < 4.78 is 0. The van der Waals surface area contributed by atoms with Crippen LogP contribution in [0.2, 0.25) is 0 Å². The molecule has 0 rings (SSSR count). The highest BCUT2D eigenvalue weighted by atomic mass is 14.8. The lowest BCUT2D eigenvalue weighted by Crippen LogP contribution is -1.89. The summed E-state index contributed by atoms with van der Waals surface area (Å²) in [5.74, 6) is 0. The van der Waals surface area contributed by atoms with Crippen molar-refractivity contribution >= 4 is 0 Å². The van der Waals surface area contributed by atoms with E-state index in [0.717, 1.165) is 0 Å². The minimum Gasteiger partial charge on any atom is -0.394 e. The molecule has 1 N–H and O–H groups in total. The zero-order valence-corrected chi connectivity index (χ0v) is 7.94. The number of allylic oxidation sites excluding steroid dienone is 2. The molecule has 0 fully saturated rings. The summed E-state index contributed by atoms with van der Waals surface area (Å²) >= 11 is 0. The van der Waals surface area contributed by atoms with E-state index in [1.807, 2.05) is 47.0 Å². The Kier molecular flexibility index (Phi) is 65.8. The fourth-order valence-corrected chi connectivity index (χ4v) is 0.164. The zero-order valence-electron chi connectivity index (χ0n) is 7.94. The van der Waals surface area contributed by atoms with Crippen LogP contribution in [0.15, 0.2) is 24.9 Å². The van der Waals surface area contributed by atoms with E-state index in [2.05, 4.69) is 11.9 Å². The smallest absolute Gasteiger partial charge is 0.00277 e. The molecule has 0 aromatic carbocycles. The fraction of sp³-hybridized carbons (Fsp3) is 0.556. The first-order chi connectivity index (χ1) is 4.91. The van der Waals surface area contributed by atoms with E-state index in [9.17, 15) is 0 Å². The second kappa shape index (κ2) is 40.8. The van der Waals surface area contributed by atoms with Crippen LogP contribution < -0.4 is 5.32 Å². The Balaban J connectivity index is -0.000000105. The van der Waals surface area contributed by atoms with Gasteiger partial charge in [-0.3, -0.25) is 0 Å². The van der Waals surface area contributed by atoms with E-state index in [1.165, 1.54) is 0 Å². The Morgan fingerprint density at radius 1 is 1.10 bits per heavy atom. The van der Waals surface area contributed by atoms with E-state index < -0.39 is 0 Å². The van der Waals surface area contributed by atoms with Gasteiger partial charge in [-0.15, -0.1) is 0 Å². The van der Waals surface area contributed by atoms with E-state index in [0.29, 0.717) is 0 Å². The molecule has 0 aromatic heterocycles. The van der Waals surface area contributed by atoms with Gasteiger partial charge >= 0.3 is 0 Å². The van der Waals surface area contributed by atoms with Gasteiger partial charge in [0.1, 0.15) is 0 Å². The minimum absolute atomic E-state index is 1.72. The van der Waals surface area contributed by atoms with Gasteiger partial charge in [-0.05, 0) is 12.3 Å². The van der Waals surface area contributed by atoms with Crippen molar-refractivity contribution in [2.24, 2.45) is 0 Å². The highest BCUT2D eigenvalue weighted by Gasteiger charge is 1.50. The van der Waals surface area contributed by atoms with Crippen LogP contribution in [0.25, 0.3) is 0 Å². The molecule has 0 aromatic rings. The van der Waals surface area contributed by atoms with Crippen LogP contribution in [0.4, 0.5) is 0 Å². The maximum Gasteiger partial charge on any atom is 0.00277 e. The third kappa shape index (κ3) is 55.2. The van der Waals surface area contributed by atoms with Crippen LogP contribution >= 0.6 is 0 Å². The molecule has 62 valence electrons. The molecule has 0 bridgehead atoms. The van der Waals surface area contributed by atoms with Crippen LogP contribution in [-0.4, -0.2) is 7.05 Å². The van der Waals surface area contributed by atoms with Gasteiger partial charge in [0.05, 0.1) is 0 Å². The maximum absolute atomic E-state index is 3.47. The Labute approximate surface area is 65.8 Å². The summed E-state index contributed by atoms with van der Waals surface area (Å²) in [5, 5.41) is 2.82. The molecular formula is C9H21N. The summed E-state index contributed by atoms with van der Waals surface area (Å²) in [6.45, 7) is 11.5. The lowest BCUT2D eigenvalue weighted by Gasteiger charge is -1.76. The first kappa shape index (κ1) is 16.1. The number of nitrogens with one attached hydrogen (secondary N) is 1. The van der Waals surface area contributed by atoms with Gasteiger partial charge in [0, 0.05) is 7.05 Å². The molecule has 0 unspecified atom stereocenters. The van der Waals surface area contributed by atoms with Gasteiger partial charge in [0.2, 0.25) is 0 Å². The van der Waals surface area contributed by atoms with Gasteiger partial charge in [0.25, 0.3) is 0 Å². The van der Waals surface area contributed by atoms with Crippen molar-refractivity contribution in [3.05, 3.63) is 24.9 Å². The van der Waals surface area contributed by atoms with Gasteiger partial charge in [0.15, 0.2) is 0 Å². The highest BCUT2D eigenvalue weighted by molar-refractivity contribution is 4.94. The van der Waals surface area contributed by atoms with Crippen LogP contribution in [0, 0.1) is 0 Å². The second-order valence-electron chi connectivity index (χ2n) is 0.883. The van der Waals surface area contributed by atoms with E-state index in [1.54, 1.807) is 6.08 Å². The minimum atomic E-state index is 1.72. The van der Waals surface area contributed by atoms with Crippen molar-refractivity contribution in [2.45, 2.75) is 27.7 Å². The number of hydrogen-bond acceptors (Lipinski definition) is 1. The van der Waals surface area contributed by atoms with Gasteiger partial charge in [-0.2, -0.15) is 0 Å². The van der Waals surface area contributed by atoms with Crippen molar-refractivity contribution in [3.8, 4) is 0 Å². The van der Waals surface area contributed by atoms with E-state index in [4.69, 9.17) is 0 Å². The lowest BCUT2D eigenvalue weighted by molar-refractivity contribution is 1.10. The van der Waals surface area contributed by atoms with Gasteiger partial charge in [-0.25, -0.2) is 0 Å². The molecule has 1 nitrogen and oxygen atoms in total. The summed E-state index contributed by atoms with van der Waals surface area (Å²) in [5.41, 5.74) is 0. The topological polar surface area (TPSA) is 12.0 Å². The third-order valence-corrected chi connectivity index (χ3v) is 0.399. The Morgan fingerprint density at radius 2 is 1.50 bits per heavy atom. The van der Waals surface area contributed by atoms with E-state index >= 15 is 0 Å². The molecule has 0 saturated heterocycles.